The molecule has 8 aromatic carbocycles. The number of nitrogens with zero attached hydrogens (tertiary/aromatic N) is 16. The van der Waals surface area contributed by atoms with Gasteiger partial charge in [0.25, 0.3) is 0 Å². The van der Waals surface area contributed by atoms with Gasteiger partial charge in [0.15, 0.2) is 48.9 Å². The van der Waals surface area contributed by atoms with Gasteiger partial charge in [-0.05, 0) is 156 Å². The summed E-state index contributed by atoms with van der Waals surface area (Å²) in [6.07, 6.45) is 8.28. The number of hydrogen-bond donors (Lipinski definition) is 0. The van der Waals surface area contributed by atoms with Crippen LogP contribution in [0, 0.1) is 129 Å². The van der Waals surface area contributed by atoms with Crippen molar-refractivity contribution in [3.63, 3.8) is 0 Å². The summed E-state index contributed by atoms with van der Waals surface area (Å²) in [4.78, 5) is 28.7. The normalized spacial score (nSPS) is 11.9. The fourth-order valence-electron chi connectivity index (χ4n) is 13.9. The van der Waals surface area contributed by atoms with Crippen molar-refractivity contribution in [3.05, 3.63) is 278 Å². The lowest BCUT2D eigenvalue weighted by Gasteiger charge is -2.10. The first-order valence-electron chi connectivity index (χ1n) is 29.6. The zero-order valence-electron chi connectivity index (χ0n) is 52.3. The summed E-state index contributed by atoms with van der Waals surface area (Å²) >= 11 is 0. The molecule has 0 saturated heterocycles. The topological polar surface area (TPSA) is 70.1 Å². The van der Waals surface area contributed by atoms with E-state index in [2.05, 4.69) is 207 Å². The summed E-state index contributed by atoms with van der Waals surface area (Å²) < 4.78 is 17.0. The van der Waals surface area contributed by atoms with Gasteiger partial charge in [0.05, 0.1) is 85.2 Å². The van der Waals surface area contributed by atoms with E-state index in [0.717, 1.165) is 86.9 Å². The highest BCUT2D eigenvalue weighted by molar-refractivity contribution is 6.02. The first-order chi connectivity index (χ1) is 43.8. The second kappa shape index (κ2) is 21.5. The Hall–Kier alpha value is -12.4. The Balaban J connectivity index is 0.000000111. The molecule has 0 spiro atoms. The van der Waals surface area contributed by atoms with Crippen molar-refractivity contribution in [2.24, 2.45) is 0 Å². The Kier molecular flexibility index (Phi) is 13.6. The predicted octanol–water partition coefficient (Wildman–Crippen LogP) is 16.9. The molecule has 4 aliphatic rings. The van der Waals surface area contributed by atoms with Crippen LogP contribution < -0.4 is 18.7 Å². The van der Waals surface area contributed by atoms with Gasteiger partial charge in [-0.25, -0.2) is 19.4 Å². The average molecular weight is 1180 g/mol. The summed E-state index contributed by atoms with van der Waals surface area (Å²) in [6, 6.07) is 25.7. The van der Waals surface area contributed by atoms with Crippen molar-refractivity contribution in [3.8, 4) is 22.7 Å². The average Bonchev–Trinajstić information content (AvgIpc) is 1.61. The molecular weight excluding hydrogens is 1120 g/mol. The van der Waals surface area contributed by atoms with Crippen LogP contribution in [0.5, 0.6) is 0 Å². The molecule has 0 amide bonds. The Bertz CT molecular complexity index is 5710. The minimum absolute atomic E-state index is 0.419. The van der Waals surface area contributed by atoms with E-state index in [9.17, 15) is 0 Å². The highest BCUT2D eigenvalue weighted by Gasteiger charge is 2.37. The molecule has 4 aromatic heterocycles. The first-order valence-corrected chi connectivity index (χ1v) is 29.6. The Morgan fingerprint density at radius 2 is 0.659 bits per heavy atom. The summed E-state index contributed by atoms with van der Waals surface area (Å²) in [6.45, 7) is 86.1. The zero-order valence-corrected chi connectivity index (χ0v) is 52.3. The Morgan fingerprint density at radius 1 is 0.297 bits per heavy atom. The molecule has 91 heavy (non-hydrogen) atoms. The number of aromatic nitrogens is 8. The molecule has 0 atom stereocenters. The van der Waals surface area contributed by atoms with Crippen molar-refractivity contribution in [1.29, 1.82) is 0 Å². The van der Waals surface area contributed by atoms with Crippen LogP contribution in [-0.2, 0) is 26.2 Å². The van der Waals surface area contributed by atoms with Crippen molar-refractivity contribution < 1.29 is 18.7 Å². The van der Waals surface area contributed by atoms with Gasteiger partial charge in [-0.3, -0.25) is 19.4 Å². The molecule has 0 fully saturated rings. The molecule has 434 valence electrons. The van der Waals surface area contributed by atoms with Crippen molar-refractivity contribution in [1.82, 2.24) is 18.7 Å². The van der Waals surface area contributed by atoms with E-state index in [1.54, 1.807) is 24.3 Å². The predicted molar refractivity (Wildman–Crippen MR) is 352 cm³/mol. The summed E-state index contributed by atoms with van der Waals surface area (Å²) in [5, 5.41) is 4.02. The number of aryl methyl sites for hydroxylation is 5. The standard InChI is InChI=1S/3C19H15N4.C18H13N4/c1-11-8-17-15(13(3)12(11)2)10-22-9-14-6-7-16(20-4)18(21-5)19(14)23(17)22;1-11-8-15-10-22-9-14-6-7-16(20-4)17(21-5)19(14)23(22)18(15)13(3)12(11)2;1-11-8-12(2)15-10-22-9-14-6-7-16(20-4)17(21-5)19(14)23(22)18(15)13(11)3;1-11-5-6-13-9-21-10-14-7-8-15(19-3)16(20-4)18(14)22(21)17(13)12(11)2/h3*6-9H,10H2,1-3H3;5-8,10H,9H2,1-2H3/q4*+1. The summed E-state index contributed by atoms with van der Waals surface area (Å²) in [5.41, 5.74) is 30.5. The van der Waals surface area contributed by atoms with E-state index >= 15 is 0 Å². The van der Waals surface area contributed by atoms with Crippen LogP contribution in [0.2, 0.25) is 0 Å². The van der Waals surface area contributed by atoms with Gasteiger partial charge in [-0.2, -0.15) is 0 Å². The molecule has 0 bridgehead atoms. The van der Waals surface area contributed by atoms with Gasteiger partial charge in [-0.1, -0.05) is 60.7 Å². The molecule has 0 aliphatic carbocycles. The number of benzene rings is 8. The van der Waals surface area contributed by atoms with Crippen LogP contribution in [0.15, 0.2) is 104 Å². The van der Waals surface area contributed by atoms with Crippen LogP contribution >= 0.6 is 0 Å². The van der Waals surface area contributed by atoms with Crippen molar-refractivity contribution >= 4 is 89.1 Å². The maximum Gasteiger partial charge on any atom is 0.224 e. The third kappa shape index (κ3) is 8.48. The van der Waals surface area contributed by atoms with Gasteiger partial charge >= 0.3 is 0 Å². The fraction of sp³-hybridized carbons (Fsp3) is 0.200. The van der Waals surface area contributed by atoms with Crippen molar-refractivity contribution in [2.75, 3.05) is 0 Å². The van der Waals surface area contributed by atoms with E-state index in [1.165, 1.54) is 89.1 Å². The Morgan fingerprint density at radius 3 is 1.12 bits per heavy atom. The molecular formula is C75H58N16+4. The van der Waals surface area contributed by atoms with E-state index in [0.29, 0.717) is 45.5 Å². The molecule has 12 aromatic rings. The van der Waals surface area contributed by atoms with Crippen LogP contribution in [0.1, 0.15) is 83.5 Å². The number of hydrogen-bond acceptors (Lipinski definition) is 0. The monoisotopic (exact) mass is 1180 g/mol. The third-order valence-electron chi connectivity index (χ3n) is 19.2. The van der Waals surface area contributed by atoms with Gasteiger partial charge < -0.3 is 0 Å². The molecule has 0 unspecified atom stereocenters. The maximum absolute atomic E-state index is 7.55. The third-order valence-corrected chi connectivity index (χ3v) is 19.2. The Labute approximate surface area is 527 Å². The molecule has 0 saturated carbocycles. The van der Waals surface area contributed by atoms with E-state index in [4.69, 9.17) is 52.6 Å². The second-order valence-electron chi connectivity index (χ2n) is 23.9. The molecule has 16 rings (SSSR count). The van der Waals surface area contributed by atoms with Gasteiger partial charge in [0.2, 0.25) is 47.5 Å². The lowest BCUT2D eigenvalue weighted by atomic mass is 9.97. The molecule has 16 nitrogen and oxygen atoms in total. The van der Waals surface area contributed by atoms with Crippen LogP contribution in [-0.4, -0.2) is 18.7 Å². The highest BCUT2D eigenvalue weighted by atomic mass is 15.4. The zero-order chi connectivity index (χ0) is 64.3. The van der Waals surface area contributed by atoms with Crippen LogP contribution in [0.4, 0.5) is 45.5 Å². The molecule has 16 heteroatoms. The highest BCUT2D eigenvalue weighted by Crippen LogP contribution is 2.45. The minimum Gasteiger partial charge on any atom is -0.250 e. The second-order valence-corrected chi connectivity index (χ2v) is 23.9. The SMILES string of the molecule is [C-]#[N+]c1ccc2c[n+]3n(c2c1[N+]#[C-])-c1c(C)c(C)cc(C)c1C3.[C-]#[N+]c1ccc2c[n+]3n(c2c1[N+]#[C-])-c1c(cc(C)c(C)c1C)C3.[C-]#[N+]c1ccc2c[n+]3n(c2c1[N+]#[C-])-c1c(ccc(C)c1C)C3.[C-]#[N+]c1ccc2c[n+]3n(c2c1[N+]#[C-])-c1cc(C)c(C)c(C)c1C3. The largest absolute Gasteiger partial charge is 0.250 e. The van der Waals surface area contributed by atoms with Crippen LogP contribution in [0.3, 0.4) is 0 Å². The van der Waals surface area contributed by atoms with Crippen LogP contribution in [0.25, 0.3) is 105 Å². The number of rotatable bonds is 0. The van der Waals surface area contributed by atoms with Gasteiger partial charge in [0, 0.05) is 11.1 Å². The van der Waals surface area contributed by atoms with Gasteiger partial charge in [0.1, 0.15) is 44.8 Å². The number of fused-ring (bicyclic) bond motifs is 20. The van der Waals surface area contributed by atoms with E-state index in [1.807, 2.05) is 24.3 Å². The maximum atomic E-state index is 7.55. The van der Waals surface area contributed by atoms with Crippen molar-refractivity contribution in [2.45, 2.75) is 102 Å². The summed E-state index contributed by atoms with van der Waals surface area (Å²) in [7, 11) is 0. The summed E-state index contributed by atoms with van der Waals surface area (Å²) in [5.74, 6) is 0. The van der Waals surface area contributed by atoms with E-state index in [-0.39, 0.29) is 0 Å². The smallest absolute Gasteiger partial charge is 0.224 e. The first kappa shape index (κ1) is 57.6. The lowest BCUT2D eigenvalue weighted by molar-refractivity contribution is -0.749. The molecule has 0 radical (unpaired) electrons. The fourth-order valence-corrected chi connectivity index (χ4v) is 13.9. The van der Waals surface area contributed by atoms with E-state index < -0.39 is 0 Å². The minimum atomic E-state index is 0.419. The molecule has 8 heterocycles. The molecule has 0 N–H and O–H groups in total. The van der Waals surface area contributed by atoms with Gasteiger partial charge in [-0.15, -0.1) is 37.5 Å². The molecule has 4 aliphatic heterocycles. The lowest BCUT2D eigenvalue weighted by Crippen LogP contribution is -2.36. The quantitative estimate of drug-likeness (QED) is 0.107.